The van der Waals surface area contributed by atoms with Gasteiger partial charge in [-0.3, -0.25) is 52.7 Å². The Morgan fingerprint density at radius 1 is 0.598 bits per heavy atom. The lowest BCUT2D eigenvalue weighted by Gasteiger charge is -2.39. The summed E-state index contributed by atoms with van der Waals surface area (Å²) in [6.07, 6.45) is -0.511. The lowest BCUT2D eigenvalue weighted by molar-refractivity contribution is -0.182. The van der Waals surface area contributed by atoms with E-state index in [1.165, 1.54) is 69.4 Å². The Morgan fingerprint density at radius 2 is 1.17 bits per heavy atom. The smallest absolute Gasteiger partial charge is 0.351 e. The van der Waals surface area contributed by atoms with Crippen molar-refractivity contribution in [3.63, 3.8) is 0 Å². The third-order valence-electron chi connectivity index (χ3n) is 21.4. The molecule has 1 spiro atoms. The maximum atomic E-state index is 15.4. The molecule has 3 aliphatic carbocycles. The number of nitrogens with one attached hydrogen (secondary N) is 4. The molecule has 0 aromatic heterocycles. The SMILES string of the molecule is CC[C@H](C)[C@@H]1NC(=O)[C@H](C)N(C)C(=O)C[C@@H](C)NC(=O)[C@H](C(C)C)N(C)C(=O)C2(CCCC2)NC(=O)[C@@H]2CCCN2C(=O)[C@H](CCC2CCC(C(F)(F)F)C(Cl)C2)NC(=O)[C@H]2CCCN2C(=O)[C@H](CC2CCC(F)CC2)N(C)C(=O)[C@@H]2CCCN2C(=O)CN(C)C1=O. The van der Waals surface area contributed by atoms with Gasteiger partial charge in [0.2, 0.25) is 65.0 Å². The van der Waals surface area contributed by atoms with Gasteiger partial charge < -0.3 is 55.6 Å². The standard InChI is InChI=1S/C65H102ClF4N11O11/c1-11-38(4)53-62(91)75(7)36-52(83)79-30-16-19-49(79)60(89)77(9)50(35-42-20-24-43(67)25-21-42)61(90)81-32-14-17-47(81)56(85)72-46(27-23-41-22-26-44(45(66)34-41)65(68,69)70)59(88)80-31-15-18-48(80)57(86)74-64(28-12-13-29-64)63(92)78(10)54(37(2)3)58(87)71-39(5)33-51(82)76(8)40(6)55(84)73-53/h37-50,53-54H,11-36H2,1-10H3,(H,71,87)(H,72,85)(H,73,84)(H,74,86)/t38-,39+,40-,41?,42?,43?,44?,45?,46-,47+,48-,49-,50-,53-,54-/m0/s1. The molecular formula is C65H102ClF4N11O11. The Kier molecular flexibility index (Phi) is 25.3. The Morgan fingerprint density at radius 3 is 1.76 bits per heavy atom. The summed E-state index contributed by atoms with van der Waals surface area (Å²) in [4.78, 5) is 171. The molecule has 27 heteroatoms. The van der Waals surface area contributed by atoms with Gasteiger partial charge in [-0.2, -0.15) is 13.2 Å². The molecule has 4 aliphatic heterocycles. The zero-order valence-corrected chi connectivity index (χ0v) is 56.4. The van der Waals surface area contributed by atoms with E-state index in [4.69, 9.17) is 11.6 Å². The normalized spacial score (nSPS) is 33.6. The molecule has 11 amide bonds. The summed E-state index contributed by atoms with van der Waals surface area (Å²) in [6.45, 7) is 10.1. The Hall–Kier alpha value is -5.82. The van der Waals surface area contributed by atoms with Crippen LogP contribution in [-0.4, -0.2) is 231 Å². The van der Waals surface area contributed by atoms with E-state index in [0.29, 0.717) is 51.4 Å². The third-order valence-corrected chi connectivity index (χ3v) is 21.8. The molecule has 4 heterocycles. The van der Waals surface area contributed by atoms with Crippen LogP contribution in [0.3, 0.4) is 0 Å². The summed E-state index contributed by atoms with van der Waals surface area (Å²) in [5.74, 6) is -9.68. The van der Waals surface area contributed by atoms with E-state index in [0.717, 1.165) is 0 Å². The van der Waals surface area contributed by atoms with Crippen LogP contribution < -0.4 is 21.3 Å². The maximum absolute atomic E-state index is 15.4. The van der Waals surface area contributed by atoms with E-state index < -0.39 is 167 Å². The summed E-state index contributed by atoms with van der Waals surface area (Å²) >= 11 is 6.40. The molecule has 0 bridgehead atoms. The van der Waals surface area contributed by atoms with Crippen LogP contribution in [0.2, 0.25) is 0 Å². The van der Waals surface area contributed by atoms with Crippen molar-refractivity contribution in [1.29, 1.82) is 0 Å². The van der Waals surface area contributed by atoms with Gasteiger partial charge in [0.15, 0.2) is 0 Å². The first-order valence-electron chi connectivity index (χ1n) is 33.8. The molecule has 518 valence electrons. The van der Waals surface area contributed by atoms with Crippen molar-refractivity contribution in [1.82, 2.24) is 55.6 Å². The van der Waals surface area contributed by atoms with E-state index in [2.05, 4.69) is 21.3 Å². The first-order valence-corrected chi connectivity index (χ1v) is 34.3. The highest BCUT2D eigenvalue weighted by molar-refractivity contribution is 6.20. The summed E-state index contributed by atoms with van der Waals surface area (Å²) < 4.78 is 56.6. The Balaban J connectivity index is 1.23. The quantitative estimate of drug-likeness (QED) is 0.181. The third kappa shape index (κ3) is 17.2. The number of carbonyl (C=O) groups excluding carboxylic acids is 11. The van der Waals surface area contributed by atoms with Gasteiger partial charge in [0, 0.05) is 65.7 Å². The van der Waals surface area contributed by atoms with Crippen molar-refractivity contribution in [2.24, 2.45) is 29.6 Å². The van der Waals surface area contributed by atoms with Gasteiger partial charge in [-0.15, -0.1) is 11.6 Å². The van der Waals surface area contributed by atoms with Crippen LogP contribution in [0.15, 0.2) is 0 Å². The Bertz CT molecular complexity index is 2700. The fraction of sp³-hybridized carbons (Fsp3) is 0.831. The minimum absolute atomic E-state index is 0.00353. The maximum Gasteiger partial charge on any atom is 0.393 e. The molecule has 7 rings (SSSR count). The number of hydrogen-bond donors (Lipinski definition) is 4. The molecule has 22 nitrogen and oxygen atoms in total. The lowest BCUT2D eigenvalue weighted by Crippen LogP contribution is -2.64. The van der Waals surface area contributed by atoms with Gasteiger partial charge in [0.05, 0.1) is 12.5 Å². The van der Waals surface area contributed by atoms with Crippen LogP contribution in [0, 0.1) is 29.6 Å². The van der Waals surface area contributed by atoms with Crippen LogP contribution in [0.25, 0.3) is 0 Å². The molecular weight excluding hydrogens is 1220 g/mol. The largest absolute Gasteiger partial charge is 0.393 e. The zero-order chi connectivity index (χ0) is 67.8. The molecule has 4 saturated heterocycles. The average molecular weight is 1330 g/mol. The number of carbonyl (C=O) groups is 11. The highest BCUT2D eigenvalue weighted by atomic mass is 35.5. The first kappa shape index (κ1) is 73.6. The van der Waals surface area contributed by atoms with E-state index in [1.807, 2.05) is 6.92 Å². The van der Waals surface area contributed by atoms with Gasteiger partial charge in [-0.05, 0) is 153 Å². The molecule has 7 fully saturated rings. The first-order chi connectivity index (χ1) is 43.3. The molecule has 7 aliphatic rings. The van der Waals surface area contributed by atoms with Gasteiger partial charge >= 0.3 is 6.18 Å². The number of amides is 11. The molecule has 0 aromatic carbocycles. The average Bonchev–Trinajstić information content (AvgIpc) is 1.57. The zero-order valence-electron chi connectivity index (χ0n) is 55.6. The highest BCUT2D eigenvalue weighted by Crippen LogP contribution is 2.44. The summed E-state index contributed by atoms with van der Waals surface area (Å²) in [6, 6.07) is -9.97. The number of likely N-dealkylation sites (N-methyl/N-ethyl adjacent to an activating group) is 4. The fourth-order valence-electron chi connectivity index (χ4n) is 15.4. The van der Waals surface area contributed by atoms with Gasteiger partial charge in [0.25, 0.3) is 0 Å². The number of halogens is 5. The van der Waals surface area contributed by atoms with Crippen molar-refractivity contribution in [3.8, 4) is 0 Å². The van der Waals surface area contributed by atoms with E-state index >= 15 is 19.2 Å². The van der Waals surface area contributed by atoms with Crippen molar-refractivity contribution < 1.29 is 70.3 Å². The number of hydrogen-bond acceptors (Lipinski definition) is 11. The molecule has 92 heavy (non-hydrogen) atoms. The molecule has 3 unspecified atom stereocenters. The van der Waals surface area contributed by atoms with Crippen LogP contribution in [0.4, 0.5) is 17.6 Å². The van der Waals surface area contributed by atoms with Gasteiger partial charge in [0.1, 0.15) is 60.0 Å². The number of nitrogens with zero attached hydrogens (tertiary/aromatic N) is 7. The minimum Gasteiger partial charge on any atom is -0.351 e. The predicted octanol–water partition coefficient (Wildman–Crippen LogP) is 5.21. The van der Waals surface area contributed by atoms with E-state index in [9.17, 15) is 51.1 Å². The molecule has 4 N–H and O–H groups in total. The second-order valence-corrected chi connectivity index (χ2v) is 28.7. The van der Waals surface area contributed by atoms with Crippen LogP contribution in [0.5, 0.6) is 0 Å². The van der Waals surface area contributed by atoms with E-state index in [1.54, 1.807) is 27.7 Å². The van der Waals surface area contributed by atoms with E-state index in [-0.39, 0.29) is 121 Å². The van der Waals surface area contributed by atoms with Crippen LogP contribution in [0.1, 0.15) is 183 Å². The summed E-state index contributed by atoms with van der Waals surface area (Å²) in [5.41, 5.74) is -1.49. The summed E-state index contributed by atoms with van der Waals surface area (Å²) in [5, 5.41) is 10.4. The van der Waals surface area contributed by atoms with Crippen molar-refractivity contribution in [2.75, 3.05) is 54.4 Å². The van der Waals surface area contributed by atoms with Crippen molar-refractivity contribution in [2.45, 2.75) is 260 Å². The molecule has 3 saturated carbocycles. The number of rotatable bonds is 8. The van der Waals surface area contributed by atoms with Crippen LogP contribution in [-0.2, 0) is 52.7 Å². The van der Waals surface area contributed by atoms with Crippen molar-refractivity contribution in [3.05, 3.63) is 0 Å². The highest BCUT2D eigenvalue weighted by Gasteiger charge is 2.52. The second kappa shape index (κ2) is 31.6. The van der Waals surface area contributed by atoms with Crippen molar-refractivity contribution >= 4 is 76.6 Å². The summed E-state index contributed by atoms with van der Waals surface area (Å²) in [7, 11) is 5.79. The van der Waals surface area contributed by atoms with Crippen LogP contribution >= 0.6 is 11.6 Å². The number of fused-ring (bicyclic) bond motifs is 3. The predicted molar refractivity (Wildman–Crippen MR) is 334 cm³/mol. The lowest BCUT2D eigenvalue weighted by atomic mass is 9.78. The second-order valence-electron chi connectivity index (χ2n) is 28.2. The minimum atomic E-state index is -4.51. The topological polar surface area (TPSA) is 259 Å². The molecule has 0 radical (unpaired) electrons. The fourth-order valence-corrected chi connectivity index (χ4v) is 15.9. The molecule has 13 atom stereocenters. The molecule has 0 aromatic rings. The van der Waals surface area contributed by atoms with Gasteiger partial charge in [-0.25, -0.2) is 4.39 Å². The number of alkyl halides is 5. The Labute approximate surface area is 544 Å². The monoisotopic (exact) mass is 1320 g/mol. The van der Waals surface area contributed by atoms with Gasteiger partial charge in [-0.1, -0.05) is 47.0 Å².